The Morgan fingerprint density at radius 2 is 1.96 bits per heavy atom. The monoisotopic (exact) mass is 375 g/mol. The molecule has 0 bridgehead atoms. The third-order valence-corrected chi connectivity index (χ3v) is 5.05. The lowest BCUT2D eigenvalue weighted by molar-refractivity contribution is 0.0985. The number of aromatic nitrogens is 2. The van der Waals surface area contributed by atoms with E-state index in [1.807, 2.05) is 66.8 Å². The Morgan fingerprint density at radius 3 is 2.75 bits per heavy atom. The highest BCUT2D eigenvalue weighted by Crippen LogP contribution is 2.28. The maximum atomic E-state index is 13.0. The molecule has 2 aromatic carbocycles. The lowest BCUT2D eigenvalue weighted by atomic mass is 10.0. The largest absolute Gasteiger partial charge is 0.494 e. The Hall–Kier alpha value is -3.08. The molecule has 2 heterocycles. The van der Waals surface area contributed by atoms with Crippen molar-refractivity contribution in [1.82, 2.24) is 9.55 Å². The Morgan fingerprint density at radius 1 is 1.14 bits per heavy atom. The Kier molecular flexibility index (Phi) is 5.42. The number of hydrogen-bond donors (Lipinski definition) is 0. The molecule has 0 radical (unpaired) electrons. The van der Waals surface area contributed by atoms with Crippen molar-refractivity contribution in [1.29, 1.82) is 0 Å². The van der Waals surface area contributed by atoms with E-state index in [4.69, 9.17) is 4.74 Å². The number of hydrogen-bond acceptors (Lipinski definition) is 3. The Labute approximate surface area is 165 Å². The van der Waals surface area contributed by atoms with Gasteiger partial charge in [-0.2, -0.15) is 0 Å². The zero-order valence-corrected chi connectivity index (χ0v) is 16.2. The molecule has 5 heteroatoms. The molecule has 1 aromatic heterocycles. The molecule has 0 fully saturated rings. The normalized spacial score (nSPS) is 13.2. The van der Waals surface area contributed by atoms with Gasteiger partial charge in [-0.3, -0.25) is 4.79 Å². The van der Waals surface area contributed by atoms with Crippen LogP contribution in [0, 0.1) is 6.92 Å². The number of amides is 1. The predicted octanol–water partition coefficient (Wildman–Crippen LogP) is 4.25. The molecule has 0 spiro atoms. The van der Waals surface area contributed by atoms with E-state index in [9.17, 15) is 4.79 Å². The van der Waals surface area contributed by atoms with Crippen LogP contribution in [-0.2, 0) is 13.0 Å². The van der Waals surface area contributed by atoms with Gasteiger partial charge in [0.25, 0.3) is 5.91 Å². The van der Waals surface area contributed by atoms with Gasteiger partial charge in [-0.1, -0.05) is 18.2 Å². The van der Waals surface area contributed by atoms with E-state index >= 15 is 0 Å². The van der Waals surface area contributed by atoms with Gasteiger partial charge < -0.3 is 14.2 Å². The highest BCUT2D eigenvalue weighted by Gasteiger charge is 2.23. The van der Waals surface area contributed by atoms with Crippen LogP contribution in [0.3, 0.4) is 0 Å². The van der Waals surface area contributed by atoms with Crippen LogP contribution in [0.2, 0.25) is 0 Å². The van der Waals surface area contributed by atoms with Crippen LogP contribution in [-0.4, -0.2) is 28.6 Å². The second-order valence-electron chi connectivity index (χ2n) is 7.17. The summed E-state index contributed by atoms with van der Waals surface area (Å²) in [5.41, 5.74) is 4.00. The summed E-state index contributed by atoms with van der Waals surface area (Å²) in [5.74, 6) is 0.839. The molecule has 1 aliphatic heterocycles. The summed E-state index contributed by atoms with van der Waals surface area (Å²) in [4.78, 5) is 19.1. The van der Waals surface area contributed by atoms with Gasteiger partial charge in [-0.25, -0.2) is 4.98 Å². The van der Waals surface area contributed by atoms with Crippen molar-refractivity contribution in [3.63, 3.8) is 0 Å². The van der Waals surface area contributed by atoms with Crippen molar-refractivity contribution < 1.29 is 9.53 Å². The van der Waals surface area contributed by atoms with Crippen molar-refractivity contribution in [2.45, 2.75) is 32.7 Å². The topological polar surface area (TPSA) is 47.4 Å². The number of nitrogens with zero attached hydrogens (tertiary/aromatic N) is 3. The van der Waals surface area contributed by atoms with E-state index in [0.717, 1.165) is 49.5 Å². The first-order valence-electron chi connectivity index (χ1n) is 9.82. The molecule has 28 heavy (non-hydrogen) atoms. The number of ether oxygens (including phenoxy) is 1. The molecule has 3 aromatic rings. The maximum absolute atomic E-state index is 13.0. The molecule has 0 saturated heterocycles. The number of rotatable bonds is 6. The first-order chi connectivity index (χ1) is 13.7. The third kappa shape index (κ3) is 4.09. The van der Waals surface area contributed by atoms with E-state index in [-0.39, 0.29) is 5.91 Å². The average molecular weight is 375 g/mol. The maximum Gasteiger partial charge on any atom is 0.258 e. The highest BCUT2D eigenvalue weighted by molar-refractivity contribution is 6.06. The van der Waals surface area contributed by atoms with Crippen LogP contribution in [0.5, 0.6) is 5.75 Å². The fraction of sp³-hybridized carbons (Fsp3) is 0.304. The second kappa shape index (κ2) is 8.30. The second-order valence-corrected chi connectivity index (χ2v) is 7.17. The van der Waals surface area contributed by atoms with Gasteiger partial charge in [0.15, 0.2) is 0 Å². The number of anilines is 1. The molecule has 1 amide bonds. The summed E-state index contributed by atoms with van der Waals surface area (Å²) in [6, 6.07) is 15.6. The van der Waals surface area contributed by atoms with E-state index in [1.165, 1.54) is 5.56 Å². The average Bonchev–Trinajstić information content (AvgIpc) is 3.16. The van der Waals surface area contributed by atoms with Gasteiger partial charge in [0.1, 0.15) is 5.75 Å². The Bertz CT molecular complexity index is 946. The van der Waals surface area contributed by atoms with E-state index < -0.39 is 0 Å². The molecule has 0 aliphatic carbocycles. The summed E-state index contributed by atoms with van der Waals surface area (Å²) >= 11 is 0. The van der Waals surface area contributed by atoms with E-state index in [0.29, 0.717) is 12.2 Å². The minimum absolute atomic E-state index is 0.0502. The molecule has 0 unspecified atom stereocenters. The van der Waals surface area contributed by atoms with Crippen molar-refractivity contribution in [2.24, 2.45) is 0 Å². The number of aryl methyl sites for hydroxylation is 3. The van der Waals surface area contributed by atoms with Gasteiger partial charge in [0, 0.05) is 30.5 Å². The highest BCUT2D eigenvalue weighted by atomic mass is 16.5. The summed E-state index contributed by atoms with van der Waals surface area (Å²) < 4.78 is 7.88. The van der Waals surface area contributed by atoms with Crippen LogP contribution >= 0.6 is 0 Å². The van der Waals surface area contributed by atoms with E-state index in [2.05, 4.69) is 15.6 Å². The minimum Gasteiger partial charge on any atom is -0.494 e. The smallest absolute Gasteiger partial charge is 0.258 e. The lowest BCUT2D eigenvalue weighted by Crippen LogP contribution is -2.35. The fourth-order valence-corrected chi connectivity index (χ4v) is 3.63. The van der Waals surface area contributed by atoms with Gasteiger partial charge in [0.05, 0.1) is 18.6 Å². The lowest BCUT2D eigenvalue weighted by Gasteiger charge is -2.29. The van der Waals surface area contributed by atoms with Crippen molar-refractivity contribution >= 4 is 11.6 Å². The number of imidazole rings is 1. The van der Waals surface area contributed by atoms with Crippen LogP contribution < -0.4 is 9.64 Å². The quantitative estimate of drug-likeness (QED) is 0.605. The number of carbonyl (C=O) groups is 1. The molecule has 1 aliphatic rings. The van der Waals surface area contributed by atoms with Gasteiger partial charge >= 0.3 is 0 Å². The van der Waals surface area contributed by atoms with Gasteiger partial charge in [0.2, 0.25) is 0 Å². The van der Waals surface area contributed by atoms with Gasteiger partial charge in [-0.15, -0.1) is 0 Å². The summed E-state index contributed by atoms with van der Waals surface area (Å²) in [7, 11) is 0. The van der Waals surface area contributed by atoms with Crippen molar-refractivity contribution in [3.05, 3.63) is 77.9 Å². The molecule has 4 rings (SSSR count). The third-order valence-electron chi connectivity index (χ3n) is 5.05. The molecule has 5 nitrogen and oxygen atoms in total. The number of carbonyl (C=O) groups excluding carboxylic acids is 1. The fourth-order valence-electron chi connectivity index (χ4n) is 3.63. The molecular weight excluding hydrogens is 350 g/mol. The zero-order chi connectivity index (χ0) is 19.3. The number of benzene rings is 2. The molecular formula is C23H25N3O2. The SMILES string of the molecule is Cc1cn(CCCOc2ccc(C(=O)N3CCCc4ccccc43)cc2)cn1. The van der Waals surface area contributed by atoms with Crippen LogP contribution in [0.1, 0.15) is 34.5 Å². The van der Waals surface area contributed by atoms with Crippen molar-refractivity contribution in [2.75, 3.05) is 18.1 Å². The zero-order valence-electron chi connectivity index (χ0n) is 16.2. The van der Waals surface area contributed by atoms with Crippen LogP contribution in [0.25, 0.3) is 0 Å². The van der Waals surface area contributed by atoms with Crippen LogP contribution in [0.15, 0.2) is 61.1 Å². The summed E-state index contributed by atoms with van der Waals surface area (Å²) in [5, 5.41) is 0. The van der Waals surface area contributed by atoms with Gasteiger partial charge in [-0.05, 0) is 62.1 Å². The van der Waals surface area contributed by atoms with E-state index in [1.54, 1.807) is 0 Å². The molecule has 0 N–H and O–H groups in total. The predicted molar refractivity (Wildman–Crippen MR) is 110 cm³/mol. The number of fused-ring (bicyclic) bond motifs is 1. The molecule has 144 valence electrons. The summed E-state index contributed by atoms with van der Waals surface area (Å²) in [6.45, 7) is 4.26. The molecule has 0 saturated carbocycles. The molecule has 0 atom stereocenters. The first-order valence-corrected chi connectivity index (χ1v) is 9.82. The minimum atomic E-state index is 0.0502. The van der Waals surface area contributed by atoms with Crippen LogP contribution in [0.4, 0.5) is 5.69 Å². The van der Waals surface area contributed by atoms with Crippen molar-refractivity contribution in [3.8, 4) is 5.75 Å². The standard InChI is InChI=1S/C23H25N3O2/c1-18-16-25(17-24-18)13-5-15-28-21-11-9-20(10-12-21)23(27)26-14-4-7-19-6-2-3-8-22(19)26/h2-3,6,8-12,16-17H,4-5,7,13-15H2,1H3. The summed E-state index contributed by atoms with van der Waals surface area (Å²) in [6.07, 6.45) is 6.81. The first kappa shape index (κ1) is 18.3. The Balaban J connectivity index is 1.33. The number of para-hydroxylation sites is 1.